The minimum Gasteiger partial charge on any atom is -0.387 e. The van der Waals surface area contributed by atoms with Gasteiger partial charge in [-0.15, -0.1) is 11.3 Å². The van der Waals surface area contributed by atoms with Crippen LogP contribution in [0, 0.1) is 0 Å². The summed E-state index contributed by atoms with van der Waals surface area (Å²) in [6.45, 7) is 2.05. The van der Waals surface area contributed by atoms with Crippen molar-refractivity contribution in [3.05, 3.63) is 56.8 Å². The fourth-order valence-electron chi connectivity index (χ4n) is 3.33. The topological polar surface area (TPSA) is 84.7 Å². The Labute approximate surface area is 176 Å². The van der Waals surface area contributed by atoms with Gasteiger partial charge in [-0.05, 0) is 41.1 Å². The number of amidine groups is 1. The highest BCUT2D eigenvalue weighted by molar-refractivity contribution is 7.11. The zero-order valence-corrected chi connectivity index (χ0v) is 17.3. The molecule has 1 amide bonds. The number of nitrogens with two attached hydrogens (primary N) is 2. The Morgan fingerprint density at radius 2 is 2.07 bits per heavy atom. The maximum absolute atomic E-state index is 13.6. The van der Waals surface area contributed by atoms with Crippen molar-refractivity contribution >= 4 is 34.8 Å². The highest BCUT2D eigenvalue weighted by Crippen LogP contribution is 2.34. The van der Waals surface area contributed by atoms with Crippen LogP contribution in [0.25, 0.3) is 6.08 Å². The number of rotatable bonds is 6. The first kappa shape index (κ1) is 22.0. The average Bonchev–Trinajstić information content (AvgIpc) is 3.05. The standard InChI is InChI=1S/C21H23F3N4OS/c1-2-6-28(12-14-4-3-13(11-25)8-16(14)21(22,23)24)20(29)15-9-18-17(5-7-30-18)27-19(26)10-15/h3-5,7-9H,2,6,10-12,25H2,1H3,(H2,26,27). The van der Waals surface area contributed by atoms with Gasteiger partial charge in [0.2, 0.25) is 0 Å². The van der Waals surface area contributed by atoms with Gasteiger partial charge in [0.1, 0.15) is 5.84 Å². The second kappa shape index (κ2) is 9.01. The Kier molecular flexibility index (Phi) is 6.62. The Morgan fingerprint density at radius 1 is 1.30 bits per heavy atom. The lowest BCUT2D eigenvalue weighted by Gasteiger charge is -2.25. The van der Waals surface area contributed by atoms with E-state index in [1.807, 2.05) is 18.4 Å². The number of hydrogen-bond donors (Lipinski definition) is 2. The Balaban J connectivity index is 1.94. The molecule has 1 aliphatic heterocycles. The van der Waals surface area contributed by atoms with Gasteiger partial charge in [0, 0.05) is 31.6 Å². The lowest BCUT2D eigenvalue weighted by Crippen LogP contribution is -2.34. The number of benzene rings is 1. The number of aliphatic imine (C=N–C) groups is 1. The van der Waals surface area contributed by atoms with Gasteiger partial charge in [-0.3, -0.25) is 4.79 Å². The first-order valence-corrected chi connectivity index (χ1v) is 10.4. The van der Waals surface area contributed by atoms with Crippen molar-refractivity contribution in [2.24, 2.45) is 16.5 Å². The quantitative estimate of drug-likeness (QED) is 0.702. The minimum absolute atomic E-state index is 0.00953. The highest BCUT2D eigenvalue weighted by atomic mass is 32.1. The number of thiophene rings is 1. The fourth-order valence-corrected chi connectivity index (χ4v) is 4.12. The molecule has 5 nitrogen and oxygen atoms in total. The number of halogens is 3. The average molecular weight is 437 g/mol. The molecule has 160 valence electrons. The van der Waals surface area contributed by atoms with E-state index in [9.17, 15) is 18.0 Å². The third-order valence-electron chi connectivity index (χ3n) is 4.75. The van der Waals surface area contributed by atoms with Crippen molar-refractivity contribution in [1.29, 1.82) is 0 Å². The summed E-state index contributed by atoms with van der Waals surface area (Å²) in [5, 5.41) is 1.85. The Bertz CT molecular complexity index is 994. The van der Waals surface area contributed by atoms with E-state index in [0.29, 0.717) is 35.6 Å². The zero-order chi connectivity index (χ0) is 21.9. The van der Waals surface area contributed by atoms with Gasteiger partial charge in [0.25, 0.3) is 5.91 Å². The van der Waals surface area contributed by atoms with Gasteiger partial charge >= 0.3 is 6.18 Å². The highest BCUT2D eigenvalue weighted by Gasteiger charge is 2.34. The second-order valence-corrected chi connectivity index (χ2v) is 7.99. The number of carbonyl (C=O) groups excluding carboxylic acids is 1. The lowest BCUT2D eigenvalue weighted by molar-refractivity contribution is -0.139. The van der Waals surface area contributed by atoms with E-state index in [1.165, 1.54) is 22.3 Å². The molecule has 0 spiro atoms. The summed E-state index contributed by atoms with van der Waals surface area (Å²) >= 11 is 1.43. The predicted octanol–water partition coefficient (Wildman–Crippen LogP) is 4.44. The molecular formula is C21H23F3N4OS. The van der Waals surface area contributed by atoms with Gasteiger partial charge in [-0.25, -0.2) is 4.99 Å². The number of alkyl halides is 3. The molecule has 0 bridgehead atoms. The third kappa shape index (κ3) is 4.91. The predicted molar refractivity (Wildman–Crippen MR) is 113 cm³/mol. The van der Waals surface area contributed by atoms with Crippen molar-refractivity contribution in [3.8, 4) is 0 Å². The van der Waals surface area contributed by atoms with Gasteiger partial charge in [0.15, 0.2) is 0 Å². The van der Waals surface area contributed by atoms with Gasteiger partial charge in [-0.2, -0.15) is 13.2 Å². The van der Waals surface area contributed by atoms with E-state index in [0.717, 1.165) is 10.9 Å². The van der Waals surface area contributed by atoms with Crippen LogP contribution in [0.2, 0.25) is 0 Å². The summed E-state index contributed by atoms with van der Waals surface area (Å²) in [6, 6.07) is 5.83. The van der Waals surface area contributed by atoms with Crippen LogP contribution in [-0.2, 0) is 24.1 Å². The Morgan fingerprint density at radius 3 is 2.73 bits per heavy atom. The van der Waals surface area contributed by atoms with Crippen LogP contribution < -0.4 is 11.5 Å². The van der Waals surface area contributed by atoms with Crippen LogP contribution in [0.3, 0.4) is 0 Å². The molecule has 30 heavy (non-hydrogen) atoms. The minimum atomic E-state index is -4.54. The monoisotopic (exact) mass is 436 g/mol. The summed E-state index contributed by atoms with van der Waals surface area (Å²) in [5.74, 6) is -0.0428. The van der Waals surface area contributed by atoms with Gasteiger partial charge in [0.05, 0.1) is 16.1 Å². The molecule has 3 rings (SSSR count). The molecule has 9 heteroatoms. The molecule has 0 radical (unpaired) electrons. The number of fused-ring (bicyclic) bond motifs is 1. The summed E-state index contributed by atoms with van der Waals surface area (Å²) in [6.07, 6.45) is -2.05. The van der Waals surface area contributed by atoms with Crippen molar-refractivity contribution < 1.29 is 18.0 Å². The van der Waals surface area contributed by atoms with Crippen molar-refractivity contribution in [2.45, 2.75) is 39.0 Å². The fraction of sp³-hybridized carbons (Fsp3) is 0.333. The van der Waals surface area contributed by atoms with E-state index < -0.39 is 11.7 Å². The number of hydrogen-bond acceptors (Lipinski definition) is 5. The molecule has 0 saturated carbocycles. The van der Waals surface area contributed by atoms with Gasteiger partial charge in [-0.1, -0.05) is 19.1 Å². The number of carbonyl (C=O) groups is 1. The number of nitrogens with zero attached hydrogens (tertiary/aromatic N) is 2. The van der Waals surface area contributed by atoms with Crippen molar-refractivity contribution in [2.75, 3.05) is 6.54 Å². The lowest BCUT2D eigenvalue weighted by atomic mass is 10.0. The Hall–Kier alpha value is -2.65. The van der Waals surface area contributed by atoms with Gasteiger partial charge < -0.3 is 16.4 Å². The van der Waals surface area contributed by atoms with E-state index >= 15 is 0 Å². The first-order valence-electron chi connectivity index (χ1n) is 9.52. The summed E-state index contributed by atoms with van der Waals surface area (Å²) in [7, 11) is 0. The van der Waals surface area contributed by atoms with Crippen molar-refractivity contribution in [3.63, 3.8) is 0 Å². The zero-order valence-electron chi connectivity index (χ0n) is 16.5. The summed E-state index contributed by atoms with van der Waals surface area (Å²) in [5.41, 5.74) is 12.2. The molecule has 2 aromatic rings. The summed E-state index contributed by atoms with van der Waals surface area (Å²) in [4.78, 5) is 19.8. The van der Waals surface area contributed by atoms with E-state index in [1.54, 1.807) is 12.1 Å². The van der Waals surface area contributed by atoms with E-state index in [2.05, 4.69) is 4.99 Å². The van der Waals surface area contributed by atoms with Crippen LogP contribution in [0.4, 0.5) is 18.9 Å². The molecule has 1 aromatic heterocycles. The third-order valence-corrected chi connectivity index (χ3v) is 5.60. The van der Waals surface area contributed by atoms with Crippen LogP contribution in [0.5, 0.6) is 0 Å². The van der Waals surface area contributed by atoms with E-state index in [-0.39, 0.29) is 31.0 Å². The summed E-state index contributed by atoms with van der Waals surface area (Å²) < 4.78 is 40.8. The smallest absolute Gasteiger partial charge is 0.387 e. The molecule has 2 heterocycles. The largest absolute Gasteiger partial charge is 0.416 e. The molecule has 0 unspecified atom stereocenters. The molecule has 4 N–H and O–H groups in total. The second-order valence-electron chi connectivity index (χ2n) is 7.04. The van der Waals surface area contributed by atoms with Crippen LogP contribution in [0.1, 0.15) is 41.3 Å². The number of amides is 1. The first-order chi connectivity index (χ1) is 14.2. The SMILES string of the molecule is CCCN(Cc1ccc(CN)cc1C(F)(F)F)C(=O)C1=Cc2sccc2N=C(N)C1. The molecule has 0 fully saturated rings. The molecule has 0 atom stereocenters. The normalized spacial score (nSPS) is 13.9. The van der Waals surface area contributed by atoms with Crippen LogP contribution in [-0.4, -0.2) is 23.2 Å². The molecule has 0 saturated heterocycles. The van der Waals surface area contributed by atoms with Crippen LogP contribution >= 0.6 is 11.3 Å². The molecule has 0 aliphatic carbocycles. The van der Waals surface area contributed by atoms with E-state index in [4.69, 9.17) is 11.5 Å². The molecule has 1 aromatic carbocycles. The maximum Gasteiger partial charge on any atom is 0.416 e. The molecule has 1 aliphatic rings. The molecular weight excluding hydrogens is 413 g/mol. The van der Waals surface area contributed by atoms with Crippen LogP contribution in [0.15, 0.2) is 40.2 Å². The maximum atomic E-state index is 13.6. The van der Waals surface area contributed by atoms with Crippen molar-refractivity contribution in [1.82, 2.24) is 4.90 Å².